The number of aromatic nitrogens is 2. The van der Waals surface area contributed by atoms with Crippen molar-refractivity contribution < 1.29 is 14.0 Å². The first-order chi connectivity index (χ1) is 16.1. The summed E-state index contributed by atoms with van der Waals surface area (Å²) in [5, 5.41) is 6.46. The van der Waals surface area contributed by atoms with Crippen LogP contribution in [0.1, 0.15) is 18.4 Å². The highest BCUT2D eigenvalue weighted by Crippen LogP contribution is 2.24. The Morgan fingerprint density at radius 1 is 1.06 bits per heavy atom. The van der Waals surface area contributed by atoms with Crippen LogP contribution < -0.4 is 16.2 Å². The van der Waals surface area contributed by atoms with E-state index in [2.05, 4.69) is 15.6 Å². The van der Waals surface area contributed by atoms with Crippen molar-refractivity contribution in [3.05, 3.63) is 70.8 Å². The lowest BCUT2D eigenvalue weighted by Crippen LogP contribution is -2.32. The molecule has 0 aliphatic carbocycles. The number of para-hydroxylation sites is 1. The zero-order chi connectivity index (χ0) is 22.8. The van der Waals surface area contributed by atoms with E-state index in [0.29, 0.717) is 16.8 Å². The van der Waals surface area contributed by atoms with Crippen molar-refractivity contribution in [1.82, 2.24) is 19.8 Å². The van der Waals surface area contributed by atoms with Gasteiger partial charge in [-0.25, -0.2) is 9.78 Å². The summed E-state index contributed by atoms with van der Waals surface area (Å²) >= 11 is 0. The van der Waals surface area contributed by atoms with Gasteiger partial charge in [-0.05, 0) is 42.7 Å². The number of benzene rings is 2. The number of carbonyl (C=O) groups is 2. The Morgan fingerprint density at radius 3 is 2.73 bits per heavy atom. The molecule has 1 aliphatic rings. The van der Waals surface area contributed by atoms with E-state index in [1.807, 2.05) is 42.5 Å². The number of hydrogen-bond acceptors (Lipinski definition) is 5. The molecular weight excluding hydrogens is 422 g/mol. The monoisotopic (exact) mass is 445 g/mol. The lowest BCUT2D eigenvalue weighted by molar-refractivity contribution is -0.121. The molecule has 5 rings (SSSR count). The van der Waals surface area contributed by atoms with Crippen LogP contribution >= 0.6 is 0 Å². The summed E-state index contributed by atoms with van der Waals surface area (Å²) in [4.78, 5) is 43.6. The largest absolute Gasteiger partial charge is 0.448 e. The van der Waals surface area contributed by atoms with Crippen LogP contribution in [-0.2, 0) is 17.9 Å². The Hall–Kier alpha value is -4.14. The number of hydrogen-bond donors (Lipinski definition) is 2. The maximum Gasteiger partial charge on any atom is 0.321 e. The molecule has 3 heterocycles. The molecule has 33 heavy (non-hydrogen) atoms. The number of nitrogens with zero attached hydrogens (tertiary/aromatic N) is 3. The van der Waals surface area contributed by atoms with Crippen molar-refractivity contribution in [3.8, 4) is 0 Å². The molecule has 0 spiro atoms. The van der Waals surface area contributed by atoms with Gasteiger partial charge in [0, 0.05) is 30.7 Å². The number of furan rings is 1. The van der Waals surface area contributed by atoms with Gasteiger partial charge in [-0.1, -0.05) is 24.3 Å². The van der Waals surface area contributed by atoms with Gasteiger partial charge in [-0.3, -0.25) is 14.2 Å². The summed E-state index contributed by atoms with van der Waals surface area (Å²) < 4.78 is 6.88. The second kappa shape index (κ2) is 8.78. The van der Waals surface area contributed by atoms with Crippen molar-refractivity contribution in [1.29, 1.82) is 0 Å². The molecule has 0 bridgehead atoms. The zero-order valence-corrected chi connectivity index (χ0v) is 17.9. The highest BCUT2D eigenvalue weighted by atomic mass is 16.3. The number of anilines is 1. The van der Waals surface area contributed by atoms with Crippen molar-refractivity contribution >= 4 is 39.7 Å². The number of carbonyl (C=O) groups excluding carboxylic acids is 2. The predicted octanol–water partition coefficient (Wildman–Crippen LogP) is 3.09. The second-order valence-corrected chi connectivity index (χ2v) is 8.05. The van der Waals surface area contributed by atoms with E-state index in [-0.39, 0.29) is 30.6 Å². The molecular formula is C24H23N5O4. The number of rotatable bonds is 5. The van der Waals surface area contributed by atoms with E-state index in [4.69, 9.17) is 4.42 Å². The third kappa shape index (κ3) is 4.30. The molecule has 2 aromatic carbocycles. The molecule has 9 heteroatoms. The van der Waals surface area contributed by atoms with E-state index in [9.17, 15) is 14.4 Å². The van der Waals surface area contributed by atoms with Crippen molar-refractivity contribution in [2.24, 2.45) is 0 Å². The molecule has 0 unspecified atom stereocenters. The molecule has 2 aromatic heterocycles. The van der Waals surface area contributed by atoms with E-state index in [1.165, 1.54) is 10.9 Å². The van der Waals surface area contributed by atoms with E-state index < -0.39 is 5.56 Å². The molecule has 4 aromatic rings. The van der Waals surface area contributed by atoms with Crippen LogP contribution in [0.2, 0.25) is 0 Å². The number of urea groups is 1. The minimum atomic E-state index is -0.405. The Bertz CT molecular complexity index is 1400. The molecule has 1 aliphatic heterocycles. The lowest BCUT2D eigenvalue weighted by atomic mass is 10.2. The van der Waals surface area contributed by atoms with Gasteiger partial charge in [0.1, 0.15) is 17.6 Å². The van der Waals surface area contributed by atoms with Crippen LogP contribution in [-0.4, -0.2) is 39.5 Å². The Labute approximate surface area is 189 Å². The molecule has 0 atom stereocenters. The van der Waals surface area contributed by atoms with Crippen molar-refractivity contribution in [2.45, 2.75) is 25.9 Å². The Balaban J connectivity index is 1.23. The van der Waals surface area contributed by atoms with E-state index in [0.717, 1.165) is 36.9 Å². The fraction of sp³-hybridized carbons (Fsp3) is 0.250. The highest BCUT2D eigenvalue weighted by molar-refractivity contribution is 6.01. The molecule has 1 saturated heterocycles. The minimum absolute atomic E-state index is 0.110. The van der Waals surface area contributed by atoms with Crippen LogP contribution in [0.4, 0.5) is 10.5 Å². The van der Waals surface area contributed by atoms with E-state index >= 15 is 0 Å². The van der Waals surface area contributed by atoms with Crippen molar-refractivity contribution in [2.75, 3.05) is 18.4 Å². The quantitative estimate of drug-likeness (QED) is 0.491. The zero-order valence-electron chi connectivity index (χ0n) is 17.9. The summed E-state index contributed by atoms with van der Waals surface area (Å²) in [7, 11) is 0. The average molecular weight is 445 g/mol. The fourth-order valence-corrected chi connectivity index (χ4v) is 4.02. The van der Waals surface area contributed by atoms with E-state index in [1.54, 1.807) is 11.0 Å². The summed E-state index contributed by atoms with van der Waals surface area (Å²) in [5.74, 6) is -0.333. The molecule has 9 nitrogen and oxygen atoms in total. The van der Waals surface area contributed by atoms with Crippen LogP contribution in [0.15, 0.2) is 64.1 Å². The van der Waals surface area contributed by atoms with Gasteiger partial charge >= 0.3 is 6.03 Å². The topological polar surface area (TPSA) is 109 Å². The first-order valence-corrected chi connectivity index (χ1v) is 10.9. The number of fused-ring (bicyclic) bond motifs is 3. The first kappa shape index (κ1) is 20.7. The summed E-state index contributed by atoms with van der Waals surface area (Å²) in [6.07, 6.45) is 3.42. The lowest BCUT2D eigenvalue weighted by Gasteiger charge is -2.16. The van der Waals surface area contributed by atoms with Gasteiger partial charge in [0.25, 0.3) is 5.56 Å². The maximum absolute atomic E-state index is 12.8. The second-order valence-electron chi connectivity index (χ2n) is 8.05. The molecule has 3 amide bonds. The van der Waals surface area contributed by atoms with Gasteiger partial charge in [-0.2, -0.15) is 0 Å². The van der Waals surface area contributed by atoms with Crippen LogP contribution in [0, 0.1) is 0 Å². The average Bonchev–Trinajstić information content (AvgIpc) is 3.49. The molecule has 0 saturated carbocycles. The van der Waals surface area contributed by atoms with Gasteiger partial charge in [0.2, 0.25) is 11.5 Å². The van der Waals surface area contributed by atoms with Gasteiger partial charge in [0.15, 0.2) is 0 Å². The van der Waals surface area contributed by atoms with Crippen LogP contribution in [0.3, 0.4) is 0 Å². The predicted molar refractivity (Wildman–Crippen MR) is 124 cm³/mol. The Morgan fingerprint density at radius 2 is 1.88 bits per heavy atom. The molecule has 1 fully saturated rings. The molecule has 2 N–H and O–H groups in total. The Kier molecular flexibility index (Phi) is 5.52. The van der Waals surface area contributed by atoms with Gasteiger partial charge in [-0.15, -0.1) is 0 Å². The van der Waals surface area contributed by atoms with Gasteiger partial charge < -0.3 is 20.0 Å². The number of amides is 3. The minimum Gasteiger partial charge on any atom is -0.448 e. The number of nitrogens with one attached hydrogen (secondary N) is 2. The fourth-order valence-electron chi connectivity index (χ4n) is 4.02. The van der Waals surface area contributed by atoms with Gasteiger partial charge in [0.05, 0.1) is 6.33 Å². The SMILES string of the molecule is O=C(Cn1cnc2c(oc3ccccc32)c1=O)NCc1cccc(NC(=O)N2CCCC2)c1. The summed E-state index contributed by atoms with van der Waals surface area (Å²) in [6.45, 7) is 1.64. The normalized spacial score (nSPS) is 13.5. The third-order valence-corrected chi connectivity index (χ3v) is 5.73. The molecule has 168 valence electrons. The summed E-state index contributed by atoms with van der Waals surface area (Å²) in [5.41, 5.74) is 2.30. The maximum atomic E-state index is 12.8. The van der Waals surface area contributed by atoms with Crippen LogP contribution in [0.25, 0.3) is 22.1 Å². The summed E-state index contributed by atoms with van der Waals surface area (Å²) in [6, 6.07) is 14.5. The van der Waals surface area contributed by atoms with Crippen molar-refractivity contribution in [3.63, 3.8) is 0 Å². The molecule has 0 radical (unpaired) electrons. The smallest absolute Gasteiger partial charge is 0.321 e. The highest BCUT2D eigenvalue weighted by Gasteiger charge is 2.18. The third-order valence-electron chi connectivity index (χ3n) is 5.73. The first-order valence-electron chi connectivity index (χ1n) is 10.9. The van der Waals surface area contributed by atoms with Crippen LogP contribution in [0.5, 0.6) is 0 Å². The number of likely N-dealkylation sites (tertiary alicyclic amines) is 1. The standard InChI is InChI=1S/C24H23N5O4/c30-20(14-29-15-26-21-18-8-1-2-9-19(18)33-22(21)23(29)31)25-13-16-6-5-7-17(12-16)27-24(32)28-10-3-4-11-28/h1-2,5-9,12,15H,3-4,10-11,13-14H2,(H,25,30)(H,27,32).